The van der Waals surface area contributed by atoms with Crippen molar-refractivity contribution in [1.29, 1.82) is 5.26 Å². The largest absolute Gasteiger partial charge is 0.493 e. The first kappa shape index (κ1) is 19.6. The Morgan fingerprint density at radius 1 is 1.12 bits per heavy atom. The number of nitrogens with zero attached hydrogens (tertiary/aromatic N) is 3. The maximum absolute atomic E-state index is 9.68. The number of hydrogen-bond donors (Lipinski definition) is 0. The van der Waals surface area contributed by atoms with Crippen LogP contribution in [0.5, 0.6) is 11.5 Å². The van der Waals surface area contributed by atoms with Crippen LogP contribution in [0.4, 0.5) is 0 Å². The van der Waals surface area contributed by atoms with Crippen LogP contribution in [-0.4, -0.2) is 56.7 Å². The number of nitriles is 1. The number of hydrogen-bond acceptors (Lipinski definition) is 5. The van der Waals surface area contributed by atoms with Crippen LogP contribution in [0.3, 0.4) is 0 Å². The number of benzene rings is 1. The van der Waals surface area contributed by atoms with Crippen molar-refractivity contribution in [2.24, 2.45) is 0 Å². The van der Waals surface area contributed by atoms with E-state index in [-0.39, 0.29) is 6.04 Å². The van der Waals surface area contributed by atoms with Gasteiger partial charge in [-0.25, -0.2) is 0 Å². The summed E-state index contributed by atoms with van der Waals surface area (Å²) in [4.78, 5) is 4.53. The highest BCUT2D eigenvalue weighted by molar-refractivity contribution is 5.45. The molecule has 0 saturated carbocycles. The molecule has 0 N–H and O–H groups in total. The predicted octanol–water partition coefficient (Wildman–Crippen LogP) is 3.47. The Hall–Kier alpha value is -1.77. The average molecular weight is 345 g/mol. The zero-order chi connectivity index (χ0) is 18.1. The minimum absolute atomic E-state index is 0.235. The molecule has 0 bridgehead atoms. The van der Waals surface area contributed by atoms with E-state index in [2.05, 4.69) is 29.8 Å². The van der Waals surface area contributed by atoms with Crippen LogP contribution in [0.15, 0.2) is 18.2 Å². The Kier molecular flexibility index (Phi) is 8.03. The molecule has 25 heavy (non-hydrogen) atoms. The summed E-state index contributed by atoms with van der Waals surface area (Å²) in [6, 6.07) is 8.10. The van der Waals surface area contributed by atoms with Gasteiger partial charge in [0.2, 0.25) is 0 Å². The van der Waals surface area contributed by atoms with Gasteiger partial charge in [0.05, 0.1) is 19.8 Å². The van der Waals surface area contributed by atoms with Gasteiger partial charge in [0.15, 0.2) is 11.5 Å². The van der Waals surface area contributed by atoms with Crippen LogP contribution in [0.2, 0.25) is 0 Å². The first-order valence-electron chi connectivity index (χ1n) is 9.32. The Morgan fingerprint density at radius 3 is 2.52 bits per heavy atom. The molecular formula is C20H31N3O2. The molecule has 1 aromatic carbocycles. The monoisotopic (exact) mass is 345 g/mol. The molecule has 1 heterocycles. The maximum atomic E-state index is 9.68. The van der Waals surface area contributed by atoms with E-state index >= 15 is 0 Å². The van der Waals surface area contributed by atoms with Crippen molar-refractivity contribution in [3.05, 3.63) is 23.8 Å². The molecule has 1 aliphatic rings. The van der Waals surface area contributed by atoms with Crippen molar-refractivity contribution < 1.29 is 9.47 Å². The highest BCUT2D eigenvalue weighted by Gasteiger charge is 2.24. The number of piperazine rings is 1. The Bertz CT molecular complexity index is 563. The molecule has 1 saturated heterocycles. The van der Waals surface area contributed by atoms with Crippen molar-refractivity contribution in [3.63, 3.8) is 0 Å². The van der Waals surface area contributed by atoms with Gasteiger partial charge in [-0.2, -0.15) is 5.26 Å². The van der Waals surface area contributed by atoms with Crippen LogP contribution in [0, 0.1) is 11.3 Å². The van der Waals surface area contributed by atoms with Crippen molar-refractivity contribution in [3.8, 4) is 17.6 Å². The Balaban J connectivity index is 2.02. The van der Waals surface area contributed by atoms with Crippen molar-refractivity contribution in [2.75, 3.05) is 46.9 Å². The molecular weight excluding hydrogens is 314 g/mol. The molecule has 0 spiro atoms. The molecule has 1 aliphatic heterocycles. The molecule has 138 valence electrons. The van der Waals surface area contributed by atoms with Crippen LogP contribution in [-0.2, 0) is 0 Å². The van der Waals surface area contributed by atoms with E-state index in [0.717, 1.165) is 43.9 Å². The van der Waals surface area contributed by atoms with Gasteiger partial charge < -0.3 is 14.4 Å². The highest BCUT2D eigenvalue weighted by Crippen LogP contribution is 2.32. The SMILES string of the molecule is CCCCCCOc1ccc(C(C#N)N2CCN(C)CC2)cc1OC. The summed E-state index contributed by atoms with van der Waals surface area (Å²) in [5.74, 6) is 1.47. The third kappa shape index (κ3) is 5.62. The lowest BCUT2D eigenvalue weighted by atomic mass is 10.0. The highest BCUT2D eigenvalue weighted by atomic mass is 16.5. The van der Waals surface area contributed by atoms with Crippen LogP contribution < -0.4 is 9.47 Å². The van der Waals surface area contributed by atoms with Gasteiger partial charge in [-0.1, -0.05) is 32.3 Å². The molecule has 0 aromatic heterocycles. The summed E-state index contributed by atoms with van der Waals surface area (Å²) in [6.07, 6.45) is 4.71. The first-order chi connectivity index (χ1) is 12.2. The van der Waals surface area contributed by atoms with E-state index in [1.54, 1.807) is 7.11 Å². The minimum atomic E-state index is -0.235. The second-order valence-corrected chi connectivity index (χ2v) is 6.69. The Morgan fingerprint density at radius 2 is 1.88 bits per heavy atom. The topological polar surface area (TPSA) is 48.7 Å². The van der Waals surface area contributed by atoms with Crippen molar-refractivity contribution >= 4 is 0 Å². The van der Waals surface area contributed by atoms with Crippen LogP contribution in [0.25, 0.3) is 0 Å². The van der Waals surface area contributed by atoms with Crippen molar-refractivity contribution in [1.82, 2.24) is 9.80 Å². The zero-order valence-corrected chi connectivity index (χ0v) is 15.8. The van der Waals surface area contributed by atoms with Crippen LogP contribution >= 0.6 is 0 Å². The molecule has 0 aliphatic carbocycles. The Labute approximate surface area is 152 Å². The summed E-state index contributed by atoms with van der Waals surface area (Å²) in [5.41, 5.74) is 0.974. The van der Waals surface area contributed by atoms with Crippen molar-refractivity contribution in [2.45, 2.75) is 38.6 Å². The zero-order valence-electron chi connectivity index (χ0n) is 15.8. The van der Waals surface area contributed by atoms with Gasteiger partial charge in [0.1, 0.15) is 6.04 Å². The second kappa shape index (κ2) is 10.3. The lowest BCUT2D eigenvalue weighted by Gasteiger charge is -2.35. The number of likely N-dealkylation sites (N-methyl/N-ethyl adjacent to an activating group) is 1. The van der Waals surface area contributed by atoms with E-state index in [1.807, 2.05) is 18.2 Å². The number of unbranched alkanes of at least 4 members (excludes halogenated alkanes) is 3. The fourth-order valence-corrected chi connectivity index (χ4v) is 3.13. The summed E-state index contributed by atoms with van der Waals surface area (Å²) in [7, 11) is 3.77. The van der Waals surface area contributed by atoms with Gasteiger partial charge in [-0.05, 0) is 31.2 Å². The molecule has 0 radical (unpaired) electrons. The fraction of sp³-hybridized carbons (Fsp3) is 0.650. The quantitative estimate of drug-likeness (QED) is 0.642. The average Bonchev–Trinajstić information content (AvgIpc) is 2.64. The summed E-state index contributed by atoms with van der Waals surface area (Å²) < 4.78 is 11.4. The smallest absolute Gasteiger partial charge is 0.161 e. The van der Waals surface area contributed by atoms with Crippen LogP contribution in [0.1, 0.15) is 44.2 Å². The molecule has 1 fully saturated rings. The van der Waals surface area contributed by atoms with E-state index in [0.29, 0.717) is 12.4 Å². The van der Waals surface area contributed by atoms with E-state index in [9.17, 15) is 5.26 Å². The number of methoxy groups -OCH3 is 1. The summed E-state index contributed by atoms with van der Waals surface area (Å²) >= 11 is 0. The standard InChI is InChI=1S/C20H31N3O2/c1-4-5-6-7-14-25-19-9-8-17(15-20(19)24-3)18(16-21)23-12-10-22(2)11-13-23/h8-9,15,18H,4-7,10-14H2,1-3H3. The molecule has 2 rings (SSSR count). The van der Waals surface area contributed by atoms with E-state index in [1.165, 1.54) is 19.3 Å². The lowest BCUT2D eigenvalue weighted by molar-refractivity contribution is 0.132. The second-order valence-electron chi connectivity index (χ2n) is 6.69. The molecule has 1 aromatic rings. The first-order valence-corrected chi connectivity index (χ1v) is 9.32. The number of rotatable bonds is 9. The minimum Gasteiger partial charge on any atom is -0.493 e. The van der Waals surface area contributed by atoms with E-state index < -0.39 is 0 Å². The molecule has 1 atom stereocenters. The van der Waals surface area contributed by atoms with Gasteiger partial charge in [0.25, 0.3) is 0 Å². The normalized spacial score (nSPS) is 17.0. The van der Waals surface area contributed by atoms with Gasteiger partial charge >= 0.3 is 0 Å². The molecule has 1 unspecified atom stereocenters. The molecule has 5 nitrogen and oxygen atoms in total. The van der Waals surface area contributed by atoms with Gasteiger partial charge in [0, 0.05) is 26.2 Å². The third-order valence-corrected chi connectivity index (χ3v) is 4.78. The third-order valence-electron chi connectivity index (χ3n) is 4.78. The number of ether oxygens (including phenoxy) is 2. The fourth-order valence-electron chi connectivity index (χ4n) is 3.13. The molecule has 0 amide bonds. The predicted molar refractivity (Wildman–Crippen MR) is 100 cm³/mol. The molecule has 5 heteroatoms. The maximum Gasteiger partial charge on any atom is 0.161 e. The van der Waals surface area contributed by atoms with Gasteiger partial charge in [-0.3, -0.25) is 4.90 Å². The summed E-state index contributed by atoms with van der Waals surface area (Å²) in [5, 5.41) is 9.68. The van der Waals surface area contributed by atoms with E-state index in [4.69, 9.17) is 9.47 Å². The summed E-state index contributed by atoms with van der Waals surface area (Å²) in [6.45, 7) is 6.71. The lowest BCUT2D eigenvalue weighted by Crippen LogP contribution is -2.45. The van der Waals surface area contributed by atoms with Gasteiger partial charge in [-0.15, -0.1) is 0 Å².